The van der Waals surface area contributed by atoms with Crippen molar-refractivity contribution in [3.05, 3.63) is 28.9 Å². The van der Waals surface area contributed by atoms with Crippen LogP contribution in [0.5, 0.6) is 11.5 Å². The minimum absolute atomic E-state index is 0.250. The van der Waals surface area contributed by atoms with E-state index >= 15 is 0 Å². The normalized spacial score (nSPS) is 10.6. The molecule has 148 valence electrons. The fraction of sp³-hybridized carbons (Fsp3) is 0.444. The van der Waals surface area contributed by atoms with Crippen LogP contribution in [0.3, 0.4) is 0 Å². The van der Waals surface area contributed by atoms with Gasteiger partial charge in [0.25, 0.3) is 5.92 Å². The molecule has 1 heterocycles. The maximum atomic E-state index is 12.9. The predicted molar refractivity (Wildman–Crippen MR) is 95.4 cm³/mol. The number of aryl methyl sites for hydroxylation is 2. The van der Waals surface area contributed by atoms with Crippen molar-refractivity contribution >= 4 is 17.8 Å². The van der Waals surface area contributed by atoms with Gasteiger partial charge in [0.1, 0.15) is 11.5 Å². The fourth-order valence-corrected chi connectivity index (χ4v) is 2.74. The second kappa shape index (κ2) is 10.0. The van der Waals surface area contributed by atoms with E-state index in [2.05, 4.69) is 5.10 Å². The lowest BCUT2D eigenvalue weighted by Gasteiger charge is -2.15. The molecule has 2 rings (SSSR count). The summed E-state index contributed by atoms with van der Waals surface area (Å²) in [7, 11) is 1.51. The predicted octanol–water partition coefficient (Wildman–Crippen LogP) is 4.24. The first-order valence-electron chi connectivity index (χ1n) is 8.15. The van der Waals surface area contributed by atoms with E-state index in [0.717, 1.165) is 23.9 Å². The highest BCUT2D eigenvalue weighted by Gasteiger charge is 2.23. The van der Waals surface area contributed by atoms with Gasteiger partial charge in [-0.1, -0.05) is 18.5 Å². The number of hydrogen-bond donors (Lipinski definition) is 0. The van der Waals surface area contributed by atoms with Gasteiger partial charge in [0, 0.05) is 25.1 Å². The molecule has 6 nitrogen and oxygen atoms in total. The van der Waals surface area contributed by atoms with E-state index < -0.39 is 12.5 Å². The van der Waals surface area contributed by atoms with Gasteiger partial charge in [-0.15, -0.1) is 0 Å². The number of nitrogens with zero attached hydrogens (tertiary/aromatic N) is 2. The highest BCUT2D eigenvalue weighted by Crippen LogP contribution is 2.39. The summed E-state index contributed by atoms with van der Waals surface area (Å²) in [6, 6.07) is 4.95. The van der Waals surface area contributed by atoms with E-state index in [9.17, 15) is 8.78 Å². The Kier molecular flexibility index (Phi) is 8.40. The standard InChI is InChI=1S/C17H21ClF2N2O2.CO2/c1-5-13-15(18)16(22(6-2)21-13)12-8-7-11(9-14(12)23-4)24-10-17(3,19)20;2-1-3/h7-9H,5-6,10H2,1-4H3;. The van der Waals surface area contributed by atoms with Gasteiger partial charge in [0.2, 0.25) is 0 Å². The first-order chi connectivity index (χ1) is 12.7. The number of ether oxygens (including phenoxy) is 2. The average molecular weight is 403 g/mol. The molecule has 0 aliphatic carbocycles. The molecule has 0 saturated carbocycles. The molecule has 1 aromatic carbocycles. The molecule has 0 N–H and O–H groups in total. The number of hydrogen-bond acceptors (Lipinski definition) is 5. The van der Waals surface area contributed by atoms with Gasteiger partial charge < -0.3 is 9.47 Å². The lowest BCUT2D eigenvalue weighted by atomic mass is 10.1. The molecule has 0 aliphatic heterocycles. The molecular formula is C18H21ClF2N2O4. The Morgan fingerprint density at radius 3 is 2.41 bits per heavy atom. The van der Waals surface area contributed by atoms with E-state index in [4.69, 9.17) is 30.7 Å². The van der Waals surface area contributed by atoms with Gasteiger partial charge in [0.15, 0.2) is 6.61 Å². The Morgan fingerprint density at radius 1 is 1.30 bits per heavy atom. The molecule has 2 aromatic rings. The van der Waals surface area contributed by atoms with Gasteiger partial charge in [-0.2, -0.15) is 14.7 Å². The molecule has 0 amide bonds. The zero-order chi connectivity index (χ0) is 20.6. The van der Waals surface area contributed by atoms with E-state index in [1.54, 1.807) is 22.9 Å². The molecule has 0 aliphatic rings. The van der Waals surface area contributed by atoms with Gasteiger partial charge in [0.05, 0.1) is 23.5 Å². The highest BCUT2D eigenvalue weighted by atomic mass is 35.5. The van der Waals surface area contributed by atoms with Crippen LogP contribution in [0.1, 0.15) is 26.5 Å². The van der Waals surface area contributed by atoms with Crippen LogP contribution in [0.25, 0.3) is 11.3 Å². The van der Waals surface area contributed by atoms with Crippen LogP contribution in [0.2, 0.25) is 5.02 Å². The molecule has 0 unspecified atom stereocenters. The molecule has 9 heteroatoms. The highest BCUT2D eigenvalue weighted by molar-refractivity contribution is 6.33. The Labute approximate surface area is 161 Å². The summed E-state index contributed by atoms with van der Waals surface area (Å²) in [5.41, 5.74) is 2.30. The van der Waals surface area contributed by atoms with Crippen LogP contribution in [0, 0.1) is 0 Å². The molecule has 0 radical (unpaired) electrons. The molecule has 0 saturated heterocycles. The number of carbonyl (C=O) groups excluding carboxylic acids is 2. The Balaban J connectivity index is 0.00000114. The molecule has 0 bridgehead atoms. The summed E-state index contributed by atoms with van der Waals surface area (Å²) in [6.45, 7) is 4.72. The number of benzene rings is 1. The average Bonchev–Trinajstić information content (AvgIpc) is 2.95. The fourth-order valence-electron chi connectivity index (χ4n) is 2.37. The number of alkyl halides is 2. The van der Waals surface area contributed by atoms with Crippen LogP contribution < -0.4 is 9.47 Å². The summed E-state index contributed by atoms with van der Waals surface area (Å²) in [4.78, 5) is 16.2. The Hall–Kier alpha value is -2.44. The van der Waals surface area contributed by atoms with Crippen molar-refractivity contribution in [3.8, 4) is 22.8 Å². The summed E-state index contributed by atoms with van der Waals surface area (Å²) >= 11 is 6.46. The van der Waals surface area contributed by atoms with E-state index in [0.29, 0.717) is 29.5 Å². The minimum Gasteiger partial charge on any atom is -0.496 e. The Morgan fingerprint density at radius 2 is 1.93 bits per heavy atom. The number of aromatic nitrogens is 2. The van der Waals surface area contributed by atoms with Crippen molar-refractivity contribution in [1.82, 2.24) is 9.78 Å². The molecule has 0 spiro atoms. The van der Waals surface area contributed by atoms with Crippen molar-refractivity contribution in [2.75, 3.05) is 13.7 Å². The quantitative estimate of drug-likeness (QED) is 0.692. The SMILES string of the molecule is CCc1nn(CC)c(-c2ccc(OCC(C)(F)F)cc2OC)c1Cl.O=C=O. The second-order valence-corrected chi connectivity index (χ2v) is 5.96. The van der Waals surface area contributed by atoms with Gasteiger partial charge in [-0.25, -0.2) is 8.78 Å². The zero-order valence-corrected chi connectivity index (χ0v) is 16.3. The number of methoxy groups -OCH3 is 1. The number of rotatable bonds is 7. The van der Waals surface area contributed by atoms with Gasteiger partial charge >= 0.3 is 6.15 Å². The maximum absolute atomic E-state index is 12.9. The molecular weight excluding hydrogens is 382 g/mol. The van der Waals surface area contributed by atoms with Crippen LogP contribution in [0.4, 0.5) is 8.78 Å². The summed E-state index contributed by atoms with van der Waals surface area (Å²) in [5, 5.41) is 5.06. The van der Waals surface area contributed by atoms with Crippen molar-refractivity contribution in [2.45, 2.75) is 39.7 Å². The smallest absolute Gasteiger partial charge is 0.373 e. The molecule has 0 fully saturated rings. The van der Waals surface area contributed by atoms with Crippen LogP contribution in [0.15, 0.2) is 18.2 Å². The van der Waals surface area contributed by atoms with E-state index in [-0.39, 0.29) is 6.15 Å². The van der Waals surface area contributed by atoms with Crippen molar-refractivity contribution in [3.63, 3.8) is 0 Å². The third-order valence-corrected chi connectivity index (χ3v) is 3.91. The summed E-state index contributed by atoms with van der Waals surface area (Å²) in [6.07, 6.45) is 0.966. The van der Waals surface area contributed by atoms with Crippen molar-refractivity contribution in [2.24, 2.45) is 0 Å². The van der Waals surface area contributed by atoms with E-state index in [1.165, 1.54) is 7.11 Å². The Bertz CT molecular complexity index is 797. The molecule has 1 aromatic heterocycles. The first-order valence-corrected chi connectivity index (χ1v) is 8.53. The number of halogens is 3. The van der Waals surface area contributed by atoms with Gasteiger partial charge in [-0.05, 0) is 25.5 Å². The van der Waals surface area contributed by atoms with Crippen LogP contribution in [-0.2, 0) is 22.6 Å². The lowest BCUT2D eigenvalue weighted by molar-refractivity contribution is -0.191. The third kappa shape index (κ3) is 6.05. The topological polar surface area (TPSA) is 70.4 Å². The zero-order valence-electron chi connectivity index (χ0n) is 15.5. The van der Waals surface area contributed by atoms with Crippen molar-refractivity contribution in [1.29, 1.82) is 0 Å². The van der Waals surface area contributed by atoms with E-state index in [1.807, 2.05) is 13.8 Å². The largest absolute Gasteiger partial charge is 0.496 e. The summed E-state index contributed by atoms with van der Waals surface area (Å²) in [5.74, 6) is -2.09. The molecule has 27 heavy (non-hydrogen) atoms. The first kappa shape index (κ1) is 22.6. The van der Waals surface area contributed by atoms with Gasteiger partial charge in [-0.3, -0.25) is 4.68 Å². The monoisotopic (exact) mass is 402 g/mol. The van der Waals surface area contributed by atoms with Crippen molar-refractivity contribution < 1.29 is 27.8 Å². The molecule has 0 atom stereocenters. The lowest BCUT2D eigenvalue weighted by Crippen LogP contribution is -2.20. The second-order valence-electron chi connectivity index (χ2n) is 5.58. The summed E-state index contributed by atoms with van der Waals surface area (Å²) < 4.78 is 38.2. The minimum atomic E-state index is -2.90. The van der Waals surface area contributed by atoms with Crippen LogP contribution in [-0.4, -0.2) is 35.6 Å². The maximum Gasteiger partial charge on any atom is 0.373 e. The van der Waals surface area contributed by atoms with Crippen LogP contribution >= 0.6 is 11.6 Å². The third-order valence-electron chi connectivity index (χ3n) is 3.52.